The van der Waals surface area contributed by atoms with E-state index in [0.29, 0.717) is 19.1 Å². The van der Waals surface area contributed by atoms with E-state index in [9.17, 15) is 0 Å². The highest BCUT2D eigenvalue weighted by Crippen LogP contribution is 2.38. The molecule has 7 heteroatoms. The third-order valence-corrected chi connectivity index (χ3v) is 5.76. The average Bonchev–Trinajstić information content (AvgIpc) is 3.22. The SMILES string of the molecule is Brc1cc(COc2ncnc3sccc23)c2c(c1)COC(c1ccccc1)O2. The molecule has 1 atom stereocenters. The van der Waals surface area contributed by atoms with Crippen LogP contribution in [-0.2, 0) is 18.0 Å². The molecular weight excluding hydrogens is 440 g/mol. The van der Waals surface area contributed by atoms with Crippen LogP contribution in [0.25, 0.3) is 10.2 Å². The maximum Gasteiger partial charge on any atom is 0.227 e. The number of fused-ring (bicyclic) bond motifs is 2. The van der Waals surface area contributed by atoms with E-state index in [1.165, 1.54) is 6.33 Å². The molecule has 0 spiro atoms. The van der Waals surface area contributed by atoms with Gasteiger partial charge in [0.25, 0.3) is 0 Å². The smallest absolute Gasteiger partial charge is 0.227 e. The number of aromatic nitrogens is 2. The van der Waals surface area contributed by atoms with Gasteiger partial charge in [0.2, 0.25) is 12.2 Å². The molecule has 5 nitrogen and oxygen atoms in total. The molecule has 3 heterocycles. The Labute approximate surface area is 174 Å². The monoisotopic (exact) mass is 454 g/mol. The van der Waals surface area contributed by atoms with Crippen molar-refractivity contribution in [2.75, 3.05) is 0 Å². The molecule has 28 heavy (non-hydrogen) atoms. The summed E-state index contributed by atoms with van der Waals surface area (Å²) in [5.41, 5.74) is 2.91. The zero-order valence-corrected chi connectivity index (χ0v) is 17.1. The highest BCUT2D eigenvalue weighted by Gasteiger charge is 2.25. The van der Waals surface area contributed by atoms with Crippen LogP contribution in [0.3, 0.4) is 0 Å². The van der Waals surface area contributed by atoms with E-state index >= 15 is 0 Å². The maximum atomic E-state index is 6.21. The third kappa shape index (κ3) is 3.37. The highest BCUT2D eigenvalue weighted by atomic mass is 79.9. The predicted molar refractivity (Wildman–Crippen MR) is 110 cm³/mol. The minimum Gasteiger partial charge on any atom is -0.472 e. The van der Waals surface area contributed by atoms with Gasteiger partial charge in [-0.25, -0.2) is 9.97 Å². The van der Waals surface area contributed by atoms with Crippen LogP contribution < -0.4 is 9.47 Å². The van der Waals surface area contributed by atoms with Crippen molar-refractivity contribution in [3.63, 3.8) is 0 Å². The van der Waals surface area contributed by atoms with Crippen molar-refractivity contribution in [1.82, 2.24) is 9.97 Å². The summed E-state index contributed by atoms with van der Waals surface area (Å²) in [5, 5.41) is 2.90. The fourth-order valence-corrected chi connectivity index (χ4v) is 4.46. The molecule has 0 radical (unpaired) electrons. The molecule has 140 valence electrons. The summed E-state index contributed by atoms with van der Waals surface area (Å²) in [4.78, 5) is 9.46. The summed E-state index contributed by atoms with van der Waals surface area (Å²) in [6.45, 7) is 0.814. The summed E-state index contributed by atoms with van der Waals surface area (Å²) >= 11 is 5.14. The number of hydrogen-bond acceptors (Lipinski definition) is 6. The first-order chi connectivity index (χ1) is 13.8. The van der Waals surface area contributed by atoms with Crippen LogP contribution in [0.5, 0.6) is 11.6 Å². The largest absolute Gasteiger partial charge is 0.472 e. The van der Waals surface area contributed by atoms with Gasteiger partial charge in [-0.3, -0.25) is 0 Å². The van der Waals surface area contributed by atoms with E-state index in [4.69, 9.17) is 14.2 Å². The zero-order chi connectivity index (χ0) is 18.9. The number of ether oxygens (including phenoxy) is 3. The van der Waals surface area contributed by atoms with Gasteiger partial charge in [0.15, 0.2) is 0 Å². The van der Waals surface area contributed by atoms with E-state index in [1.54, 1.807) is 11.3 Å². The number of nitrogens with zero attached hydrogens (tertiary/aromatic N) is 2. The second-order valence-corrected chi connectivity index (χ2v) is 8.14. The van der Waals surface area contributed by atoms with Crippen molar-refractivity contribution in [3.05, 3.63) is 81.4 Å². The summed E-state index contributed by atoms with van der Waals surface area (Å²) in [6.07, 6.45) is 1.09. The Bertz CT molecular complexity index is 1130. The number of halogens is 1. The summed E-state index contributed by atoms with van der Waals surface area (Å²) in [5.74, 6) is 1.38. The van der Waals surface area contributed by atoms with Crippen molar-refractivity contribution in [1.29, 1.82) is 0 Å². The van der Waals surface area contributed by atoms with Crippen LogP contribution in [-0.4, -0.2) is 9.97 Å². The third-order valence-electron chi connectivity index (χ3n) is 4.48. The van der Waals surface area contributed by atoms with E-state index < -0.39 is 6.29 Å². The molecular formula is C21H15BrN2O3S. The van der Waals surface area contributed by atoms with Gasteiger partial charge in [-0.1, -0.05) is 46.3 Å². The van der Waals surface area contributed by atoms with Crippen LogP contribution in [0.2, 0.25) is 0 Å². The first kappa shape index (κ1) is 17.6. The van der Waals surface area contributed by atoms with Crippen LogP contribution in [0.15, 0.2) is 64.7 Å². The van der Waals surface area contributed by atoms with Crippen LogP contribution >= 0.6 is 27.3 Å². The molecule has 2 aromatic heterocycles. The van der Waals surface area contributed by atoms with E-state index in [2.05, 4.69) is 25.9 Å². The van der Waals surface area contributed by atoms with Gasteiger partial charge in [0, 0.05) is 21.2 Å². The average molecular weight is 455 g/mol. The highest BCUT2D eigenvalue weighted by molar-refractivity contribution is 9.10. The first-order valence-corrected chi connectivity index (χ1v) is 10.4. The summed E-state index contributed by atoms with van der Waals surface area (Å²) in [7, 11) is 0. The van der Waals surface area contributed by atoms with Gasteiger partial charge >= 0.3 is 0 Å². The molecule has 2 aromatic carbocycles. The van der Waals surface area contributed by atoms with E-state index in [1.807, 2.05) is 53.9 Å². The van der Waals surface area contributed by atoms with Crippen molar-refractivity contribution in [3.8, 4) is 11.6 Å². The zero-order valence-electron chi connectivity index (χ0n) is 14.7. The lowest BCUT2D eigenvalue weighted by Gasteiger charge is -2.28. The lowest BCUT2D eigenvalue weighted by atomic mass is 10.1. The fraction of sp³-hybridized carbons (Fsp3) is 0.143. The Morgan fingerprint density at radius 1 is 1.14 bits per heavy atom. The van der Waals surface area contributed by atoms with Crippen molar-refractivity contribution in [2.45, 2.75) is 19.5 Å². The molecule has 4 aromatic rings. The van der Waals surface area contributed by atoms with Crippen molar-refractivity contribution in [2.24, 2.45) is 0 Å². The number of thiophene rings is 1. The molecule has 0 amide bonds. The topological polar surface area (TPSA) is 53.5 Å². The Morgan fingerprint density at radius 2 is 2.04 bits per heavy atom. The second-order valence-electron chi connectivity index (χ2n) is 6.33. The molecule has 5 rings (SSSR count). The van der Waals surface area contributed by atoms with Gasteiger partial charge in [0.1, 0.15) is 23.5 Å². The minimum atomic E-state index is -0.434. The Morgan fingerprint density at radius 3 is 2.93 bits per heavy atom. The first-order valence-electron chi connectivity index (χ1n) is 8.73. The van der Waals surface area contributed by atoms with Gasteiger partial charge in [0.05, 0.1) is 12.0 Å². The van der Waals surface area contributed by atoms with Gasteiger partial charge < -0.3 is 14.2 Å². The molecule has 0 N–H and O–H groups in total. The molecule has 0 saturated heterocycles. The fourth-order valence-electron chi connectivity index (χ4n) is 3.19. The molecule has 1 aliphatic heterocycles. The van der Waals surface area contributed by atoms with Crippen LogP contribution in [0, 0.1) is 0 Å². The maximum absolute atomic E-state index is 6.21. The normalized spacial score (nSPS) is 15.8. The lowest BCUT2D eigenvalue weighted by Crippen LogP contribution is -2.19. The molecule has 0 aliphatic carbocycles. The van der Waals surface area contributed by atoms with Crippen molar-refractivity contribution < 1.29 is 14.2 Å². The quantitative estimate of drug-likeness (QED) is 0.399. The molecule has 1 aliphatic rings. The molecule has 0 saturated carbocycles. The minimum absolute atomic E-state index is 0.339. The molecule has 1 unspecified atom stereocenters. The standard InChI is InChI=1S/C21H15BrN2O3S/c22-16-8-14(10-25-19-17-6-7-28-20(17)24-12-23-19)18-15(9-16)11-26-21(27-18)13-4-2-1-3-5-13/h1-9,12,21H,10-11H2. The Kier molecular flexibility index (Phi) is 4.72. The second kappa shape index (κ2) is 7.50. The number of benzene rings is 2. The van der Waals surface area contributed by atoms with Crippen LogP contribution in [0.4, 0.5) is 0 Å². The van der Waals surface area contributed by atoms with Gasteiger partial charge in [-0.15, -0.1) is 11.3 Å². The summed E-state index contributed by atoms with van der Waals surface area (Å²) < 4.78 is 19.1. The van der Waals surface area contributed by atoms with Gasteiger partial charge in [-0.2, -0.15) is 0 Å². The Balaban J connectivity index is 1.44. The number of hydrogen-bond donors (Lipinski definition) is 0. The van der Waals surface area contributed by atoms with Crippen molar-refractivity contribution >= 4 is 37.5 Å². The summed E-state index contributed by atoms with van der Waals surface area (Å²) in [6, 6.07) is 15.9. The Hall–Kier alpha value is -2.48. The van der Waals surface area contributed by atoms with E-state index in [0.717, 1.165) is 37.1 Å². The molecule has 0 fully saturated rings. The van der Waals surface area contributed by atoms with E-state index in [-0.39, 0.29) is 0 Å². The number of rotatable bonds is 4. The molecule has 0 bridgehead atoms. The lowest BCUT2D eigenvalue weighted by molar-refractivity contribution is -0.112. The van der Waals surface area contributed by atoms with Gasteiger partial charge in [-0.05, 0) is 23.6 Å². The predicted octanol–water partition coefficient (Wildman–Crippen LogP) is 5.64. The van der Waals surface area contributed by atoms with Crippen LogP contribution in [0.1, 0.15) is 23.0 Å².